The zero-order valence-electron chi connectivity index (χ0n) is 15.5. The fourth-order valence-electron chi connectivity index (χ4n) is 3.21. The zero-order chi connectivity index (χ0) is 19.2. The lowest BCUT2D eigenvalue weighted by Gasteiger charge is -2.21. The van der Waals surface area contributed by atoms with Gasteiger partial charge in [0.25, 0.3) is 0 Å². The van der Waals surface area contributed by atoms with Crippen molar-refractivity contribution in [1.29, 1.82) is 0 Å². The van der Waals surface area contributed by atoms with Gasteiger partial charge in [-0.2, -0.15) is 0 Å². The van der Waals surface area contributed by atoms with Gasteiger partial charge in [-0.25, -0.2) is 4.68 Å². The van der Waals surface area contributed by atoms with E-state index in [0.717, 1.165) is 23.4 Å². The first-order valence-electron chi connectivity index (χ1n) is 8.98. The lowest BCUT2D eigenvalue weighted by atomic mass is 9.96. The molecule has 1 aromatic heterocycles. The molecule has 0 atom stereocenters. The van der Waals surface area contributed by atoms with E-state index in [-0.39, 0.29) is 17.4 Å². The third-order valence-electron chi connectivity index (χ3n) is 4.55. The molecule has 1 amide bonds. The second-order valence-electron chi connectivity index (χ2n) is 6.51. The van der Waals surface area contributed by atoms with Crippen LogP contribution in [0.5, 0.6) is 0 Å². The van der Waals surface area contributed by atoms with Gasteiger partial charge in [-0.1, -0.05) is 31.0 Å². The van der Waals surface area contributed by atoms with E-state index in [1.54, 1.807) is 12.1 Å². The Hall–Kier alpha value is -1.87. The highest BCUT2D eigenvalue weighted by atomic mass is 32.2. The van der Waals surface area contributed by atoms with Crippen molar-refractivity contribution in [2.45, 2.75) is 55.1 Å². The molecule has 3 rings (SSSR count). The van der Waals surface area contributed by atoms with Crippen molar-refractivity contribution < 1.29 is 9.59 Å². The van der Waals surface area contributed by atoms with Crippen molar-refractivity contribution in [2.24, 2.45) is 0 Å². The summed E-state index contributed by atoms with van der Waals surface area (Å²) in [5.41, 5.74) is 1.35. The van der Waals surface area contributed by atoms with Crippen molar-refractivity contribution in [3.63, 3.8) is 0 Å². The molecule has 0 saturated heterocycles. The van der Waals surface area contributed by atoms with Crippen LogP contribution >= 0.6 is 23.5 Å². The van der Waals surface area contributed by atoms with Crippen LogP contribution in [-0.2, 0) is 4.79 Å². The van der Waals surface area contributed by atoms with E-state index < -0.39 is 0 Å². The Kier molecular flexibility index (Phi) is 6.89. The van der Waals surface area contributed by atoms with Crippen molar-refractivity contribution in [3.05, 3.63) is 23.8 Å². The molecule has 27 heavy (non-hydrogen) atoms. The molecule has 0 bridgehead atoms. The molecule has 2 aromatic rings. The number of rotatable bonds is 7. The van der Waals surface area contributed by atoms with Crippen molar-refractivity contribution >= 4 is 40.9 Å². The molecule has 1 heterocycles. The molecule has 1 N–H and O–H groups in total. The Morgan fingerprint density at radius 3 is 2.74 bits per heavy atom. The van der Waals surface area contributed by atoms with Gasteiger partial charge < -0.3 is 5.32 Å². The molecule has 1 saturated carbocycles. The minimum atomic E-state index is -0.130. The van der Waals surface area contributed by atoms with Crippen LogP contribution in [0.15, 0.2) is 28.3 Å². The van der Waals surface area contributed by atoms with E-state index in [1.165, 1.54) is 49.7 Å². The number of carbonyl (C=O) groups is 2. The summed E-state index contributed by atoms with van der Waals surface area (Å²) in [4.78, 5) is 24.8. The van der Waals surface area contributed by atoms with Gasteiger partial charge in [0.2, 0.25) is 11.1 Å². The number of nitrogens with one attached hydrogen (secondary N) is 1. The highest BCUT2D eigenvalue weighted by Gasteiger charge is 2.21. The zero-order valence-corrected chi connectivity index (χ0v) is 17.1. The van der Waals surface area contributed by atoms with Gasteiger partial charge >= 0.3 is 0 Å². The molecule has 1 fully saturated rings. The number of benzene rings is 1. The predicted octanol–water partition coefficient (Wildman–Crippen LogP) is 3.83. The number of nitrogens with zero attached hydrogens (tertiary/aromatic N) is 4. The number of ketones is 1. The van der Waals surface area contributed by atoms with E-state index in [1.807, 2.05) is 17.0 Å². The third kappa shape index (κ3) is 5.10. The Balaban J connectivity index is 1.66. The number of hydrogen-bond acceptors (Lipinski definition) is 7. The Bertz CT molecular complexity index is 818. The molecule has 1 aliphatic carbocycles. The van der Waals surface area contributed by atoms with Gasteiger partial charge in [0, 0.05) is 17.4 Å². The molecule has 0 unspecified atom stereocenters. The molecule has 0 aliphatic heterocycles. The van der Waals surface area contributed by atoms with Gasteiger partial charge in [0.15, 0.2) is 5.78 Å². The smallest absolute Gasteiger partial charge is 0.221 e. The van der Waals surface area contributed by atoms with Crippen LogP contribution in [-0.4, -0.2) is 43.9 Å². The average molecular weight is 406 g/mol. The predicted molar refractivity (Wildman–Crippen MR) is 108 cm³/mol. The van der Waals surface area contributed by atoms with Gasteiger partial charge in [0.05, 0.1) is 17.5 Å². The summed E-state index contributed by atoms with van der Waals surface area (Å²) >= 11 is 2.88. The van der Waals surface area contributed by atoms with Crippen LogP contribution in [0.4, 0.5) is 5.69 Å². The first-order valence-corrected chi connectivity index (χ1v) is 11.2. The number of aromatic nitrogens is 4. The Labute approximate surface area is 167 Å². The summed E-state index contributed by atoms with van der Waals surface area (Å²) in [7, 11) is 0. The maximum absolute atomic E-state index is 12.6. The summed E-state index contributed by atoms with van der Waals surface area (Å²) < 4.78 is 1.88. The lowest BCUT2D eigenvalue weighted by Crippen LogP contribution is -2.16. The van der Waals surface area contributed by atoms with E-state index >= 15 is 0 Å². The molecule has 7 nitrogen and oxygen atoms in total. The third-order valence-corrected chi connectivity index (χ3v) is 6.26. The van der Waals surface area contributed by atoms with E-state index in [4.69, 9.17) is 0 Å². The summed E-state index contributed by atoms with van der Waals surface area (Å²) in [6.45, 7) is 1.47. The van der Waals surface area contributed by atoms with Gasteiger partial charge in [-0.3, -0.25) is 9.59 Å². The molecule has 0 radical (unpaired) electrons. The van der Waals surface area contributed by atoms with Gasteiger partial charge in [-0.05, 0) is 47.7 Å². The summed E-state index contributed by atoms with van der Waals surface area (Å²) in [5, 5.41) is 15.5. The van der Waals surface area contributed by atoms with Crippen molar-refractivity contribution in [2.75, 3.05) is 17.3 Å². The number of anilines is 1. The monoisotopic (exact) mass is 405 g/mol. The number of Topliss-reactive ketones (excluding diaryl/α,β-unsaturated/α-hetero) is 1. The maximum atomic E-state index is 12.6. The summed E-state index contributed by atoms with van der Waals surface area (Å²) in [6, 6.07) is 5.68. The second kappa shape index (κ2) is 9.36. The first-order chi connectivity index (χ1) is 13.1. The second-order valence-corrected chi connectivity index (χ2v) is 8.30. The topological polar surface area (TPSA) is 89.8 Å². The fourth-order valence-corrected chi connectivity index (χ4v) is 4.63. The molecule has 144 valence electrons. The number of hydrogen-bond donors (Lipinski definition) is 1. The van der Waals surface area contributed by atoms with Gasteiger partial charge in [-0.15, -0.1) is 16.9 Å². The van der Waals surface area contributed by atoms with Crippen LogP contribution in [0, 0.1) is 0 Å². The summed E-state index contributed by atoms with van der Waals surface area (Å²) in [6.07, 6.45) is 7.77. The van der Waals surface area contributed by atoms with Crippen molar-refractivity contribution in [1.82, 2.24) is 20.2 Å². The standard InChI is InChI=1S/C18H23N5O2S2/c1-12(24)19-15-9-8-13(10-17(15)26-2)16(25)11-27-18-20-21-22-23(18)14-6-4-3-5-7-14/h8-10,14H,3-7,11H2,1-2H3,(H,19,24). The van der Waals surface area contributed by atoms with Crippen molar-refractivity contribution in [3.8, 4) is 0 Å². The normalized spacial score (nSPS) is 14.9. The fraction of sp³-hybridized carbons (Fsp3) is 0.500. The number of carbonyl (C=O) groups excluding carboxylic acids is 2. The van der Waals surface area contributed by atoms with Crippen LogP contribution < -0.4 is 5.32 Å². The minimum absolute atomic E-state index is 0.0165. The molecular weight excluding hydrogens is 382 g/mol. The van der Waals surface area contributed by atoms with E-state index in [9.17, 15) is 9.59 Å². The quantitative estimate of drug-likeness (QED) is 0.553. The Morgan fingerprint density at radius 1 is 1.26 bits per heavy atom. The first kappa shape index (κ1) is 19.9. The Morgan fingerprint density at radius 2 is 2.04 bits per heavy atom. The highest BCUT2D eigenvalue weighted by molar-refractivity contribution is 7.99. The van der Waals surface area contributed by atoms with Crippen LogP contribution in [0.1, 0.15) is 55.4 Å². The SMILES string of the molecule is CSc1cc(C(=O)CSc2nnnn2C2CCCCC2)ccc1NC(C)=O. The number of tetrazole rings is 1. The highest BCUT2D eigenvalue weighted by Crippen LogP contribution is 2.31. The minimum Gasteiger partial charge on any atom is -0.325 e. The van der Waals surface area contributed by atoms with E-state index in [2.05, 4.69) is 20.8 Å². The molecule has 9 heteroatoms. The van der Waals surface area contributed by atoms with Crippen LogP contribution in [0.25, 0.3) is 0 Å². The van der Waals surface area contributed by atoms with Crippen LogP contribution in [0.3, 0.4) is 0 Å². The van der Waals surface area contributed by atoms with E-state index in [0.29, 0.717) is 16.8 Å². The molecular formula is C18H23N5O2S2. The average Bonchev–Trinajstić information content (AvgIpc) is 3.15. The lowest BCUT2D eigenvalue weighted by molar-refractivity contribution is -0.114. The number of amides is 1. The number of thioether (sulfide) groups is 2. The van der Waals surface area contributed by atoms with Crippen LogP contribution in [0.2, 0.25) is 0 Å². The summed E-state index contributed by atoms with van der Waals surface area (Å²) in [5.74, 6) is 0.165. The molecule has 0 spiro atoms. The molecule has 1 aromatic carbocycles. The largest absolute Gasteiger partial charge is 0.325 e. The van der Waals surface area contributed by atoms with Gasteiger partial charge in [0.1, 0.15) is 0 Å². The molecule has 1 aliphatic rings. The maximum Gasteiger partial charge on any atom is 0.221 e.